The van der Waals surface area contributed by atoms with Crippen molar-refractivity contribution in [1.29, 1.82) is 0 Å². The third-order valence-electron chi connectivity index (χ3n) is 2.44. The van der Waals surface area contributed by atoms with Crippen LogP contribution in [0.4, 0.5) is 0 Å². The molecular formula is C12H13N3O3S2. The molecule has 0 amide bonds. The van der Waals surface area contributed by atoms with E-state index in [4.69, 9.17) is 5.11 Å². The van der Waals surface area contributed by atoms with E-state index < -0.39 is 10.0 Å². The Morgan fingerprint density at radius 2 is 2.35 bits per heavy atom. The van der Waals surface area contributed by atoms with Gasteiger partial charge in [0, 0.05) is 17.0 Å². The molecule has 0 saturated heterocycles. The molecule has 0 atom stereocenters. The molecule has 0 unspecified atom stereocenters. The highest BCUT2D eigenvalue weighted by Gasteiger charge is 2.17. The van der Waals surface area contributed by atoms with Gasteiger partial charge in [-0.3, -0.25) is 0 Å². The fourth-order valence-electron chi connectivity index (χ4n) is 1.50. The lowest BCUT2D eigenvalue weighted by Crippen LogP contribution is -2.23. The van der Waals surface area contributed by atoms with Crippen LogP contribution in [-0.2, 0) is 16.6 Å². The first-order chi connectivity index (χ1) is 9.53. The van der Waals surface area contributed by atoms with Gasteiger partial charge in [0.05, 0.1) is 6.20 Å². The molecule has 2 heterocycles. The summed E-state index contributed by atoms with van der Waals surface area (Å²) in [6.07, 6.45) is 1.28. The molecule has 0 saturated carbocycles. The maximum absolute atomic E-state index is 12.0. The van der Waals surface area contributed by atoms with E-state index in [0.717, 1.165) is 4.88 Å². The highest BCUT2D eigenvalue weighted by Crippen LogP contribution is 2.16. The van der Waals surface area contributed by atoms with Crippen LogP contribution in [0.2, 0.25) is 0 Å². The van der Waals surface area contributed by atoms with Crippen molar-refractivity contribution < 1.29 is 13.5 Å². The molecule has 0 aliphatic heterocycles. The fraction of sp³-hybridized carbons (Fsp3) is 0.250. The van der Waals surface area contributed by atoms with Gasteiger partial charge in [-0.05, 0) is 18.4 Å². The molecule has 8 heteroatoms. The first-order valence-corrected chi connectivity index (χ1v) is 8.06. The van der Waals surface area contributed by atoms with Gasteiger partial charge in [0.25, 0.3) is 10.0 Å². The van der Waals surface area contributed by atoms with E-state index in [1.165, 1.54) is 17.5 Å². The Hall–Kier alpha value is -1.66. The molecule has 0 radical (unpaired) electrons. The quantitative estimate of drug-likeness (QED) is 0.721. The van der Waals surface area contributed by atoms with E-state index in [0.29, 0.717) is 11.4 Å². The summed E-state index contributed by atoms with van der Waals surface area (Å²) in [5.41, 5.74) is 0.715. The van der Waals surface area contributed by atoms with E-state index in [-0.39, 0.29) is 18.2 Å². The van der Waals surface area contributed by atoms with Gasteiger partial charge in [-0.2, -0.15) is 0 Å². The van der Waals surface area contributed by atoms with Gasteiger partial charge in [0.1, 0.15) is 12.4 Å². The second kappa shape index (κ2) is 6.19. The zero-order valence-corrected chi connectivity index (χ0v) is 12.3. The van der Waals surface area contributed by atoms with Crippen LogP contribution in [0.1, 0.15) is 16.3 Å². The van der Waals surface area contributed by atoms with Crippen LogP contribution in [0.15, 0.2) is 22.7 Å². The summed E-state index contributed by atoms with van der Waals surface area (Å²) >= 11 is 1.40. The normalized spacial score (nSPS) is 11.1. The van der Waals surface area contributed by atoms with E-state index in [9.17, 15) is 8.42 Å². The van der Waals surface area contributed by atoms with Crippen molar-refractivity contribution in [2.45, 2.75) is 18.5 Å². The number of hydrogen-bond acceptors (Lipinski definition) is 5. The number of aromatic amines is 1. The van der Waals surface area contributed by atoms with Gasteiger partial charge in [-0.25, -0.2) is 18.1 Å². The van der Waals surface area contributed by atoms with Crippen LogP contribution >= 0.6 is 11.3 Å². The van der Waals surface area contributed by atoms with Crippen molar-refractivity contribution in [3.63, 3.8) is 0 Å². The molecule has 106 valence electrons. The maximum Gasteiger partial charge on any atom is 0.257 e. The Kier molecular flexibility index (Phi) is 4.57. The third-order valence-corrected chi connectivity index (χ3v) is 4.67. The Balaban J connectivity index is 2.11. The van der Waals surface area contributed by atoms with Gasteiger partial charge in [-0.15, -0.1) is 11.3 Å². The number of aliphatic hydroxyl groups excluding tert-OH is 1. The molecule has 0 spiro atoms. The number of nitrogens with one attached hydrogen (secondary N) is 2. The standard InChI is InChI=1S/C12H13N3O3S2/c1-9-13-8-12(15-9)20(17,18)14-7-11-10(3-2-5-16)4-6-19-11/h4,6,8,14,16H,5,7H2,1H3,(H,13,15). The molecular weight excluding hydrogens is 298 g/mol. The first-order valence-electron chi connectivity index (χ1n) is 5.70. The molecule has 6 nitrogen and oxygen atoms in total. The average molecular weight is 311 g/mol. The Morgan fingerprint density at radius 1 is 1.55 bits per heavy atom. The summed E-state index contributed by atoms with van der Waals surface area (Å²) in [4.78, 5) is 7.34. The first kappa shape index (κ1) is 14.7. The van der Waals surface area contributed by atoms with Crippen molar-refractivity contribution in [2.24, 2.45) is 0 Å². The summed E-state index contributed by atoms with van der Waals surface area (Å²) < 4.78 is 26.5. The molecule has 0 aliphatic rings. The van der Waals surface area contributed by atoms with Crippen LogP contribution in [-0.4, -0.2) is 30.1 Å². The summed E-state index contributed by atoms with van der Waals surface area (Å²) in [6, 6.07) is 1.79. The SMILES string of the molecule is Cc1ncc(S(=O)(=O)NCc2sccc2C#CCO)[nH]1. The van der Waals surface area contributed by atoms with Gasteiger partial charge < -0.3 is 10.1 Å². The number of hydrogen-bond donors (Lipinski definition) is 3. The van der Waals surface area contributed by atoms with Crippen LogP contribution < -0.4 is 4.72 Å². The molecule has 2 rings (SSSR count). The predicted octanol–water partition coefficient (Wildman–Crippen LogP) is 0.602. The molecule has 0 bridgehead atoms. The number of aliphatic hydroxyl groups is 1. The zero-order valence-electron chi connectivity index (χ0n) is 10.7. The Morgan fingerprint density at radius 3 is 3.00 bits per heavy atom. The lowest BCUT2D eigenvalue weighted by atomic mass is 10.2. The van der Waals surface area contributed by atoms with Gasteiger partial charge in [0.15, 0.2) is 5.03 Å². The molecule has 0 aliphatic carbocycles. The summed E-state index contributed by atoms with van der Waals surface area (Å²) in [6.45, 7) is 1.60. The molecule has 0 aromatic carbocycles. The minimum atomic E-state index is -3.61. The summed E-state index contributed by atoms with van der Waals surface area (Å²) in [5, 5.41) is 10.5. The number of H-pyrrole nitrogens is 1. The van der Waals surface area contributed by atoms with Crippen molar-refractivity contribution >= 4 is 21.4 Å². The molecule has 20 heavy (non-hydrogen) atoms. The molecule has 2 aromatic rings. The third kappa shape index (κ3) is 3.46. The molecule has 2 aromatic heterocycles. The van der Waals surface area contributed by atoms with Crippen LogP contribution in [0, 0.1) is 18.8 Å². The topological polar surface area (TPSA) is 95.1 Å². The van der Waals surface area contributed by atoms with Crippen molar-refractivity contribution in [3.05, 3.63) is 33.9 Å². The van der Waals surface area contributed by atoms with E-state index in [1.807, 2.05) is 5.38 Å². The lowest BCUT2D eigenvalue weighted by Gasteiger charge is -2.03. The fourth-order valence-corrected chi connectivity index (χ4v) is 3.32. The van der Waals surface area contributed by atoms with E-state index in [1.54, 1.807) is 13.0 Å². The molecule has 0 fully saturated rings. The smallest absolute Gasteiger partial charge is 0.257 e. The second-order valence-corrected chi connectivity index (χ2v) is 6.61. The minimum Gasteiger partial charge on any atom is -0.384 e. The van der Waals surface area contributed by atoms with Crippen LogP contribution in [0.3, 0.4) is 0 Å². The van der Waals surface area contributed by atoms with E-state index in [2.05, 4.69) is 26.5 Å². The number of sulfonamides is 1. The number of rotatable bonds is 4. The summed E-state index contributed by atoms with van der Waals surface area (Å²) in [7, 11) is -3.61. The lowest BCUT2D eigenvalue weighted by molar-refractivity contribution is 0.350. The predicted molar refractivity (Wildman–Crippen MR) is 75.6 cm³/mol. The Bertz CT molecular complexity index is 750. The van der Waals surface area contributed by atoms with Crippen molar-refractivity contribution in [3.8, 4) is 11.8 Å². The van der Waals surface area contributed by atoms with Gasteiger partial charge in [-0.1, -0.05) is 11.8 Å². The minimum absolute atomic E-state index is 0.0366. The highest BCUT2D eigenvalue weighted by molar-refractivity contribution is 7.89. The zero-order chi connectivity index (χ0) is 14.6. The summed E-state index contributed by atoms with van der Waals surface area (Å²) in [5.74, 6) is 5.86. The number of nitrogens with zero attached hydrogens (tertiary/aromatic N) is 1. The second-order valence-electron chi connectivity index (χ2n) is 3.87. The number of thiophene rings is 1. The largest absolute Gasteiger partial charge is 0.384 e. The van der Waals surface area contributed by atoms with Crippen molar-refractivity contribution in [2.75, 3.05) is 6.61 Å². The van der Waals surface area contributed by atoms with Gasteiger partial charge in [0.2, 0.25) is 0 Å². The number of aryl methyl sites for hydroxylation is 1. The maximum atomic E-state index is 12.0. The van der Waals surface area contributed by atoms with Crippen LogP contribution in [0.5, 0.6) is 0 Å². The Labute approximate surface area is 120 Å². The number of imidazole rings is 1. The highest BCUT2D eigenvalue weighted by atomic mass is 32.2. The molecule has 3 N–H and O–H groups in total. The van der Waals surface area contributed by atoms with E-state index >= 15 is 0 Å². The number of aromatic nitrogens is 2. The van der Waals surface area contributed by atoms with Crippen molar-refractivity contribution in [1.82, 2.24) is 14.7 Å². The monoisotopic (exact) mass is 311 g/mol. The van der Waals surface area contributed by atoms with Crippen LogP contribution in [0.25, 0.3) is 0 Å². The average Bonchev–Trinajstić information content (AvgIpc) is 3.03. The van der Waals surface area contributed by atoms with Gasteiger partial charge >= 0.3 is 0 Å².